The standard InChI is InChI=1S/C15H17N3O3/c1-18(2)15(19)10-4-7-14(17-9-10)21-13-6-5-11(20-3)8-12(13)16/h4-9H,16H2,1-3H3. The molecule has 110 valence electrons. The third kappa shape index (κ3) is 3.42. The van der Waals surface area contributed by atoms with Gasteiger partial charge < -0.3 is 20.1 Å². The number of carbonyl (C=O) groups excluding carboxylic acids is 1. The second kappa shape index (κ2) is 6.13. The van der Waals surface area contributed by atoms with Crippen molar-refractivity contribution in [1.29, 1.82) is 0 Å². The molecule has 0 unspecified atom stereocenters. The van der Waals surface area contributed by atoms with E-state index in [1.807, 2.05) is 0 Å². The van der Waals surface area contributed by atoms with Gasteiger partial charge in [0.15, 0.2) is 5.75 Å². The molecular formula is C15H17N3O3. The van der Waals surface area contributed by atoms with E-state index in [-0.39, 0.29) is 5.91 Å². The monoisotopic (exact) mass is 287 g/mol. The highest BCUT2D eigenvalue weighted by molar-refractivity contribution is 5.93. The molecule has 1 heterocycles. The lowest BCUT2D eigenvalue weighted by atomic mass is 10.2. The summed E-state index contributed by atoms with van der Waals surface area (Å²) in [6, 6.07) is 8.40. The van der Waals surface area contributed by atoms with Crippen molar-refractivity contribution >= 4 is 11.6 Å². The number of pyridine rings is 1. The van der Waals surface area contributed by atoms with Crippen LogP contribution >= 0.6 is 0 Å². The molecule has 0 radical (unpaired) electrons. The lowest BCUT2D eigenvalue weighted by Crippen LogP contribution is -2.21. The Hall–Kier alpha value is -2.76. The number of ether oxygens (including phenoxy) is 2. The largest absolute Gasteiger partial charge is 0.497 e. The Morgan fingerprint density at radius 3 is 2.52 bits per heavy atom. The Morgan fingerprint density at radius 1 is 1.24 bits per heavy atom. The number of nitrogens with two attached hydrogens (primary N) is 1. The fourth-order valence-corrected chi connectivity index (χ4v) is 1.68. The van der Waals surface area contributed by atoms with E-state index in [1.54, 1.807) is 51.5 Å². The predicted molar refractivity (Wildman–Crippen MR) is 79.7 cm³/mol. The number of nitrogens with zero attached hydrogens (tertiary/aromatic N) is 2. The van der Waals surface area contributed by atoms with Crippen molar-refractivity contribution in [3.05, 3.63) is 42.1 Å². The summed E-state index contributed by atoms with van der Waals surface area (Å²) in [4.78, 5) is 17.3. The molecule has 6 heteroatoms. The molecule has 0 bridgehead atoms. The van der Waals surface area contributed by atoms with E-state index in [4.69, 9.17) is 15.2 Å². The van der Waals surface area contributed by atoms with Crippen LogP contribution in [0.3, 0.4) is 0 Å². The van der Waals surface area contributed by atoms with Gasteiger partial charge in [-0.05, 0) is 18.2 Å². The minimum Gasteiger partial charge on any atom is -0.497 e. The van der Waals surface area contributed by atoms with Crippen LogP contribution < -0.4 is 15.2 Å². The summed E-state index contributed by atoms with van der Waals surface area (Å²) in [6.45, 7) is 0. The van der Waals surface area contributed by atoms with Crippen molar-refractivity contribution in [1.82, 2.24) is 9.88 Å². The summed E-state index contributed by atoms with van der Waals surface area (Å²) in [5.74, 6) is 1.38. The first-order valence-corrected chi connectivity index (χ1v) is 6.30. The van der Waals surface area contributed by atoms with Gasteiger partial charge in [-0.2, -0.15) is 0 Å². The Balaban J connectivity index is 2.15. The van der Waals surface area contributed by atoms with E-state index in [2.05, 4.69) is 4.98 Å². The lowest BCUT2D eigenvalue weighted by molar-refractivity contribution is 0.0827. The molecule has 2 N–H and O–H groups in total. The van der Waals surface area contributed by atoms with Crippen LogP contribution in [0.25, 0.3) is 0 Å². The number of rotatable bonds is 4. The number of benzene rings is 1. The smallest absolute Gasteiger partial charge is 0.254 e. The summed E-state index contributed by atoms with van der Waals surface area (Å²) in [5, 5.41) is 0. The van der Waals surface area contributed by atoms with Crippen LogP contribution in [0.1, 0.15) is 10.4 Å². The van der Waals surface area contributed by atoms with Crippen molar-refractivity contribution in [2.45, 2.75) is 0 Å². The molecule has 21 heavy (non-hydrogen) atoms. The molecular weight excluding hydrogens is 270 g/mol. The number of nitrogen functional groups attached to an aromatic ring is 1. The minimum absolute atomic E-state index is 0.113. The Morgan fingerprint density at radius 2 is 2.00 bits per heavy atom. The molecule has 0 aliphatic heterocycles. The number of aromatic nitrogens is 1. The second-order valence-electron chi connectivity index (χ2n) is 4.59. The van der Waals surface area contributed by atoms with Crippen LogP contribution in [0.2, 0.25) is 0 Å². The Kier molecular flexibility index (Phi) is 4.27. The third-order valence-corrected chi connectivity index (χ3v) is 2.82. The van der Waals surface area contributed by atoms with Crippen LogP contribution in [0.4, 0.5) is 5.69 Å². The number of hydrogen-bond acceptors (Lipinski definition) is 5. The summed E-state index contributed by atoms with van der Waals surface area (Å²) in [5.41, 5.74) is 6.81. The van der Waals surface area contributed by atoms with Crippen molar-refractivity contribution in [3.8, 4) is 17.4 Å². The highest BCUT2D eigenvalue weighted by Crippen LogP contribution is 2.29. The topological polar surface area (TPSA) is 77.7 Å². The molecule has 0 saturated carbocycles. The Bertz CT molecular complexity index is 639. The number of carbonyl (C=O) groups is 1. The van der Waals surface area contributed by atoms with Crippen LogP contribution in [0, 0.1) is 0 Å². The van der Waals surface area contributed by atoms with E-state index in [0.29, 0.717) is 28.6 Å². The van der Waals surface area contributed by atoms with Crippen LogP contribution in [0.15, 0.2) is 36.5 Å². The van der Waals surface area contributed by atoms with E-state index in [1.165, 1.54) is 11.1 Å². The van der Waals surface area contributed by atoms with Gasteiger partial charge in [0.25, 0.3) is 5.91 Å². The maximum Gasteiger partial charge on any atom is 0.254 e. The predicted octanol–water partition coefficient (Wildman–Crippen LogP) is 2.17. The average Bonchev–Trinajstić information content (AvgIpc) is 2.49. The van der Waals surface area contributed by atoms with Crippen molar-refractivity contribution in [2.75, 3.05) is 26.9 Å². The van der Waals surface area contributed by atoms with Gasteiger partial charge in [0.1, 0.15) is 5.75 Å². The zero-order chi connectivity index (χ0) is 15.4. The van der Waals surface area contributed by atoms with Crippen molar-refractivity contribution < 1.29 is 14.3 Å². The maximum absolute atomic E-state index is 11.7. The molecule has 0 spiro atoms. The molecule has 0 atom stereocenters. The first kappa shape index (κ1) is 14.6. The molecule has 1 amide bonds. The van der Waals surface area contributed by atoms with Gasteiger partial charge in [-0.15, -0.1) is 0 Å². The zero-order valence-electron chi connectivity index (χ0n) is 12.2. The molecule has 0 aliphatic rings. The molecule has 0 aliphatic carbocycles. The summed E-state index contributed by atoms with van der Waals surface area (Å²) < 4.78 is 10.7. The lowest BCUT2D eigenvalue weighted by Gasteiger charge is -2.11. The number of amides is 1. The van der Waals surface area contributed by atoms with E-state index >= 15 is 0 Å². The molecule has 2 rings (SSSR count). The Labute approximate surface area is 123 Å². The minimum atomic E-state index is -0.113. The quantitative estimate of drug-likeness (QED) is 0.872. The van der Waals surface area contributed by atoms with Gasteiger partial charge >= 0.3 is 0 Å². The molecule has 6 nitrogen and oxygen atoms in total. The number of hydrogen-bond donors (Lipinski definition) is 1. The van der Waals surface area contributed by atoms with Gasteiger partial charge in [-0.25, -0.2) is 4.98 Å². The summed E-state index contributed by atoms with van der Waals surface area (Å²) in [7, 11) is 4.94. The van der Waals surface area contributed by atoms with Crippen molar-refractivity contribution in [3.63, 3.8) is 0 Å². The highest BCUT2D eigenvalue weighted by atomic mass is 16.5. The van der Waals surface area contributed by atoms with Crippen LogP contribution in [-0.2, 0) is 0 Å². The normalized spacial score (nSPS) is 10.0. The van der Waals surface area contributed by atoms with Gasteiger partial charge in [0.05, 0.1) is 18.4 Å². The first-order chi connectivity index (χ1) is 10.0. The third-order valence-electron chi connectivity index (χ3n) is 2.82. The van der Waals surface area contributed by atoms with Gasteiger partial charge in [-0.3, -0.25) is 4.79 Å². The number of anilines is 1. The van der Waals surface area contributed by atoms with Gasteiger partial charge in [0.2, 0.25) is 5.88 Å². The number of methoxy groups -OCH3 is 1. The summed E-state index contributed by atoms with van der Waals surface area (Å²) >= 11 is 0. The molecule has 1 aromatic heterocycles. The van der Waals surface area contributed by atoms with Gasteiger partial charge in [-0.1, -0.05) is 0 Å². The van der Waals surface area contributed by atoms with E-state index in [9.17, 15) is 4.79 Å². The fraction of sp³-hybridized carbons (Fsp3) is 0.200. The van der Waals surface area contributed by atoms with Crippen LogP contribution in [-0.4, -0.2) is 37.0 Å². The molecule has 1 aromatic carbocycles. The molecule has 0 saturated heterocycles. The fourth-order valence-electron chi connectivity index (χ4n) is 1.68. The highest BCUT2D eigenvalue weighted by Gasteiger charge is 2.09. The first-order valence-electron chi connectivity index (χ1n) is 6.30. The maximum atomic E-state index is 11.7. The van der Waals surface area contributed by atoms with Crippen LogP contribution in [0.5, 0.6) is 17.4 Å². The van der Waals surface area contributed by atoms with E-state index < -0.39 is 0 Å². The van der Waals surface area contributed by atoms with Gasteiger partial charge in [0, 0.05) is 32.4 Å². The molecule has 0 fully saturated rings. The van der Waals surface area contributed by atoms with E-state index in [0.717, 1.165) is 0 Å². The summed E-state index contributed by atoms with van der Waals surface area (Å²) in [6.07, 6.45) is 1.47. The average molecular weight is 287 g/mol. The second-order valence-corrected chi connectivity index (χ2v) is 4.59. The zero-order valence-corrected chi connectivity index (χ0v) is 12.2. The van der Waals surface area contributed by atoms with Crippen molar-refractivity contribution in [2.24, 2.45) is 0 Å². The SMILES string of the molecule is COc1ccc(Oc2ccc(C(=O)N(C)C)cn2)c(N)c1. The molecule has 2 aromatic rings.